The highest BCUT2D eigenvalue weighted by molar-refractivity contribution is 7.89. The monoisotopic (exact) mass is 485 g/mol. The molecule has 1 amide bonds. The van der Waals surface area contributed by atoms with Gasteiger partial charge in [0.15, 0.2) is 0 Å². The Bertz CT molecular complexity index is 1340. The molecule has 1 N–H and O–H groups in total. The quantitative estimate of drug-likeness (QED) is 0.599. The summed E-state index contributed by atoms with van der Waals surface area (Å²) in [6.45, 7) is 0.480. The predicted octanol–water partition coefficient (Wildman–Crippen LogP) is 3.51. The fraction of sp³-hybridized carbons (Fsp3) is 0.300. The van der Waals surface area contributed by atoms with Gasteiger partial charge in [0, 0.05) is 18.8 Å². The maximum absolute atomic E-state index is 12.9. The number of hydrogen-bond acceptors (Lipinski definition) is 5. The van der Waals surface area contributed by atoms with E-state index in [1.54, 1.807) is 0 Å². The smallest absolute Gasteiger partial charge is 0.325 e. The summed E-state index contributed by atoms with van der Waals surface area (Å²) in [5.41, 5.74) is -0.573. The molecule has 1 aliphatic rings. The van der Waals surface area contributed by atoms with E-state index < -0.39 is 39.1 Å². The molecule has 170 valence electrons. The second kappa shape index (κ2) is 8.34. The molecule has 2 aromatic carbocycles. The minimum absolute atomic E-state index is 0.0450. The standard InChI is InChI=1S/C20H18F3N3O4S2/c21-20(22,23)13-4-3-5-14(10-13)24-18(27)12-26-16-7-6-15(11-17(16)31-19(26)28)32(29,30)25-8-1-2-9-25/h3-7,10-11H,1-2,8-9,12H2,(H,24,27). The zero-order valence-corrected chi connectivity index (χ0v) is 18.2. The van der Waals surface area contributed by atoms with E-state index in [-0.39, 0.29) is 10.6 Å². The average molecular weight is 486 g/mol. The van der Waals surface area contributed by atoms with Crippen LogP contribution in [0.25, 0.3) is 10.2 Å². The summed E-state index contributed by atoms with van der Waals surface area (Å²) in [6, 6.07) is 8.46. The van der Waals surface area contributed by atoms with E-state index in [9.17, 15) is 31.2 Å². The van der Waals surface area contributed by atoms with Crippen molar-refractivity contribution in [2.75, 3.05) is 18.4 Å². The van der Waals surface area contributed by atoms with Crippen LogP contribution >= 0.6 is 11.3 Å². The van der Waals surface area contributed by atoms with Crippen molar-refractivity contribution in [1.82, 2.24) is 8.87 Å². The van der Waals surface area contributed by atoms with Gasteiger partial charge >= 0.3 is 11.0 Å². The van der Waals surface area contributed by atoms with Crippen molar-refractivity contribution in [3.8, 4) is 0 Å². The molecule has 0 spiro atoms. The van der Waals surface area contributed by atoms with Crippen LogP contribution in [0.15, 0.2) is 52.2 Å². The Kier molecular flexibility index (Phi) is 5.86. The number of fused-ring (bicyclic) bond motifs is 1. The highest BCUT2D eigenvalue weighted by atomic mass is 32.2. The number of benzene rings is 2. The van der Waals surface area contributed by atoms with E-state index in [0.29, 0.717) is 23.3 Å². The van der Waals surface area contributed by atoms with E-state index in [2.05, 4.69) is 5.32 Å². The lowest BCUT2D eigenvalue weighted by Gasteiger charge is -2.15. The molecule has 1 fully saturated rings. The normalized spacial score (nSPS) is 15.3. The highest BCUT2D eigenvalue weighted by Gasteiger charge is 2.30. The maximum atomic E-state index is 12.9. The van der Waals surface area contributed by atoms with Gasteiger partial charge in [-0.3, -0.25) is 14.2 Å². The van der Waals surface area contributed by atoms with Crippen LogP contribution in [0, 0.1) is 0 Å². The molecule has 3 aromatic rings. The van der Waals surface area contributed by atoms with E-state index in [0.717, 1.165) is 40.9 Å². The first-order valence-corrected chi connectivity index (χ1v) is 11.9. The minimum atomic E-state index is -4.55. The van der Waals surface area contributed by atoms with E-state index in [1.807, 2.05) is 0 Å². The second-order valence-electron chi connectivity index (χ2n) is 7.32. The van der Waals surface area contributed by atoms with E-state index >= 15 is 0 Å². The number of sulfonamides is 1. The summed E-state index contributed by atoms with van der Waals surface area (Å²) < 4.78 is 67.0. The van der Waals surface area contributed by atoms with Crippen molar-refractivity contribution in [3.63, 3.8) is 0 Å². The molecular formula is C20H18F3N3O4S2. The number of aromatic nitrogens is 1. The van der Waals surface area contributed by atoms with Gasteiger partial charge in [-0.15, -0.1) is 0 Å². The molecule has 1 saturated heterocycles. The van der Waals surface area contributed by atoms with Crippen LogP contribution in [0.2, 0.25) is 0 Å². The van der Waals surface area contributed by atoms with Gasteiger partial charge < -0.3 is 5.32 Å². The van der Waals surface area contributed by atoms with E-state index in [4.69, 9.17) is 0 Å². The number of amides is 1. The van der Waals surface area contributed by atoms with Gasteiger partial charge in [0.05, 0.1) is 20.7 Å². The van der Waals surface area contributed by atoms with Crippen LogP contribution in [0.4, 0.5) is 18.9 Å². The van der Waals surface area contributed by atoms with Crippen molar-refractivity contribution < 1.29 is 26.4 Å². The highest BCUT2D eigenvalue weighted by Crippen LogP contribution is 2.31. The lowest BCUT2D eigenvalue weighted by molar-refractivity contribution is -0.137. The van der Waals surface area contributed by atoms with Gasteiger partial charge in [-0.25, -0.2) is 8.42 Å². The molecule has 0 atom stereocenters. The van der Waals surface area contributed by atoms with Crippen LogP contribution in [-0.4, -0.2) is 36.3 Å². The van der Waals surface area contributed by atoms with Crippen LogP contribution in [-0.2, 0) is 27.5 Å². The van der Waals surface area contributed by atoms with Gasteiger partial charge in [-0.05, 0) is 49.2 Å². The summed E-state index contributed by atoms with van der Waals surface area (Å²) in [6.07, 6.45) is -2.95. The second-order valence-corrected chi connectivity index (χ2v) is 10.3. The molecule has 0 unspecified atom stereocenters. The van der Waals surface area contributed by atoms with Gasteiger partial charge in [-0.2, -0.15) is 17.5 Å². The Morgan fingerprint density at radius 2 is 1.81 bits per heavy atom. The van der Waals surface area contributed by atoms with Gasteiger partial charge in [-0.1, -0.05) is 17.4 Å². The minimum Gasteiger partial charge on any atom is -0.325 e. The maximum Gasteiger partial charge on any atom is 0.416 e. The number of rotatable bonds is 5. The molecular weight excluding hydrogens is 467 g/mol. The average Bonchev–Trinajstić information content (AvgIpc) is 3.36. The van der Waals surface area contributed by atoms with Crippen LogP contribution < -0.4 is 10.2 Å². The summed E-state index contributed by atoms with van der Waals surface area (Å²) in [7, 11) is -3.66. The number of carbonyl (C=O) groups excluding carboxylic acids is 1. The van der Waals surface area contributed by atoms with Crippen molar-refractivity contribution in [2.24, 2.45) is 0 Å². The first-order valence-electron chi connectivity index (χ1n) is 9.66. The summed E-state index contributed by atoms with van der Waals surface area (Å²) in [4.78, 5) is 24.4. The lowest BCUT2D eigenvalue weighted by Crippen LogP contribution is -2.27. The number of alkyl halides is 3. The summed E-state index contributed by atoms with van der Waals surface area (Å²) >= 11 is 0.801. The molecule has 0 radical (unpaired) electrons. The molecule has 0 saturated carbocycles. The molecule has 1 aliphatic heterocycles. The van der Waals surface area contributed by atoms with Crippen LogP contribution in [0.1, 0.15) is 18.4 Å². The Balaban J connectivity index is 1.57. The van der Waals surface area contributed by atoms with Gasteiger partial charge in [0.25, 0.3) is 0 Å². The molecule has 0 aliphatic carbocycles. The number of nitrogens with one attached hydrogen (secondary N) is 1. The zero-order valence-electron chi connectivity index (χ0n) is 16.6. The number of hydrogen-bond donors (Lipinski definition) is 1. The predicted molar refractivity (Wildman–Crippen MR) is 114 cm³/mol. The van der Waals surface area contributed by atoms with Crippen molar-refractivity contribution in [2.45, 2.75) is 30.5 Å². The van der Waals surface area contributed by atoms with Gasteiger partial charge in [0.1, 0.15) is 6.54 Å². The molecule has 4 rings (SSSR count). The topological polar surface area (TPSA) is 88.5 Å². The Labute approximate surface area is 185 Å². The van der Waals surface area contributed by atoms with Gasteiger partial charge in [0.2, 0.25) is 15.9 Å². The molecule has 1 aromatic heterocycles. The third-order valence-corrected chi connectivity index (χ3v) is 7.95. The third-order valence-electron chi connectivity index (χ3n) is 5.12. The van der Waals surface area contributed by atoms with Crippen molar-refractivity contribution in [3.05, 3.63) is 57.7 Å². The Morgan fingerprint density at radius 1 is 1.09 bits per heavy atom. The summed E-state index contributed by atoms with van der Waals surface area (Å²) in [5.74, 6) is -0.681. The third kappa shape index (κ3) is 4.43. The fourth-order valence-electron chi connectivity index (χ4n) is 3.55. The number of halogens is 3. The Morgan fingerprint density at radius 3 is 2.50 bits per heavy atom. The molecule has 7 nitrogen and oxygen atoms in total. The molecule has 32 heavy (non-hydrogen) atoms. The molecule has 2 heterocycles. The Hall–Kier alpha value is -2.70. The zero-order chi connectivity index (χ0) is 23.1. The van der Waals surface area contributed by atoms with Crippen LogP contribution in [0.3, 0.4) is 0 Å². The summed E-state index contributed by atoms with van der Waals surface area (Å²) in [5, 5.41) is 2.36. The van der Waals surface area contributed by atoms with Crippen molar-refractivity contribution in [1.29, 1.82) is 0 Å². The number of anilines is 1. The molecule has 0 bridgehead atoms. The van der Waals surface area contributed by atoms with E-state index in [1.165, 1.54) is 34.6 Å². The lowest BCUT2D eigenvalue weighted by atomic mass is 10.2. The number of thiazole rings is 1. The van der Waals surface area contributed by atoms with Crippen molar-refractivity contribution >= 4 is 43.2 Å². The number of carbonyl (C=O) groups is 1. The molecule has 12 heteroatoms. The van der Waals surface area contributed by atoms with Crippen LogP contribution in [0.5, 0.6) is 0 Å². The fourth-order valence-corrected chi connectivity index (χ4v) is 6.10. The first-order chi connectivity index (χ1) is 15.1. The first kappa shape index (κ1) is 22.5. The largest absolute Gasteiger partial charge is 0.416 e. The SMILES string of the molecule is O=C(Cn1c(=O)sc2cc(S(=O)(=O)N3CCCC3)ccc21)Nc1cccc(C(F)(F)F)c1. The number of nitrogens with zero attached hydrogens (tertiary/aromatic N) is 2.